The minimum absolute atomic E-state index is 0.0957. The maximum absolute atomic E-state index is 13.7. The van der Waals surface area contributed by atoms with Gasteiger partial charge in [0, 0.05) is 18.7 Å². The predicted molar refractivity (Wildman–Crippen MR) is 67.6 cm³/mol. The second kappa shape index (κ2) is 6.16. The van der Waals surface area contributed by atoms with E-state index in [1.807, 2.05) is 0 Å². The quantitative estimate of drug-likeness (QED) is 0.789. The van der Waals surface area contributed by atoms with Crippen molar-refractivity contribution in [2.24, 2.45) is 0 Å². The van der Waals surface area contributed by atoms with Gasteiger partial charge in [-0.25, -0.2) is 4.39 Å². The van der Waals surface area contributed by atoms with Crippen LogP contribution in [0.15, 0.2) is 22.7 Å². The van der Waals surface area contributed by atoms with E-state index in [2.05, 4.69) is 10.1 Å². The predicted octanol–water partition coefficient (Wildman–Crippen LogP) is 3.62. The number of hydrogen-bond donors (Lipinski definition) is 0. The van der Waals surface area contributed by atoms with Crippen molar-refractivity contribution in [1.29, 1.82) is 0 Å². The van der Waals surface area contributed by atoms with E-state index in [-0.39, 0.29) is 11.4 Å². The van der Waals surface area contributed by atoms with Crippen molar-refractivity contribution >= 4 is 23.2 Å². The lowest BCUT2D eigenvalue weighted by molar-refractivity contribution is 0.373. The van der Waals surface area contributed by atoms with Gasteiger partial charge < -0.3 is 4.52 Å². The van der Waals surface area contributed by atoms with Crippen molar-refractivity contribution in [3.63, 3.8) is 0 Å². The van der Waals surface area contributed by atoms with Gasteiger partial charge in [0.05, 0.1) is 5.02 Å². The zero-order valence-corrected chi connectivity index (χ0v) is 11.0. The number of hydrogen-bond acceptors (Lipinski definition) is 3. The van der Waals surface area contributed by atoms with Crippen LogP contribution in [-0.2, 0) is 12.8 Å². The molecule has 0 radical (unpaired) electrons. The zero-order valence-electron chi connectivity index (χ0n) is 9.50. The molecule has 0 saturated carbocycles. The topological polar surface area (TPSA) is 38.9 Å². The molecule has 1 aromatic heterocycles. The number of halogens is 3. The molecule has 18 heavy (non-hydrogen) atoms. The summed E-state index contributed by atoms with van der Waals surface area (Å²) in [5.41, 5.74) is 0.451. The molecule has 0 unspecified atom stereocenters. The van der Waals surface area contributed by atoms with Crippen LogP contribution in [0, 0.1) is 5.82 Å². The molecule has 0 saturated heterocycles. The molecule has 0 fully saturated rings. The van der Waals surface area contributed by atoms with Gasteiger partial charge in [-0.05, 0) is 18.1 Å². The molecule has 2 aromatic rings. The molecular weight excluding hydrogens is 278 g/mol. The fourth-order valence-corrected chi connectivity index (χ4v) is 1.86. The van der Waals surface area contributed by atoms with E-state index in [0.29, 0.717) is 29.6 Å². The van der Waals surface area contributed by atoms with E-state index in [0.717, 1.165) is 6.42 Å². The standard InChI is InChI=1S/C12H11Cl2FN2O/c13-6-2-5-11-16-10(17-18-11)7-8-3-1-4-9(14)12(8)15/h1,3-4H,2,5-7H2. The van der Waals surface area contributed by atoms with E-state index >= 15 is 0 Å². The molecule has 1 heterocycles. The highest BCUT2D eigenvalue weighted by Crippen LogP contribution is 2.19. The normalized spacial score (nSPS) is 10.8. The fraction of sp³-hybridized carbons (Fsp3) is 0.333. The Bertz CT molecular complexity index is 531. The van der Waals surface area contributed by atoms with Crippen LogP contribution in [0.3, 0.4) is 0 Å². The number of alkyl halides is 1. The molecule has 1 aromatic carbocycles. The monoisotopic (exact) mass is 288 g/mol. The van der Waals surface area contributed by atoms with E-state index in [4.69, 9.17) is 27.7 Å². The van der Waals surface area contributed by atoms with Gasteiger partial charge in [-0.3, -0.25) is 0 Å². The minimum atomic E-state index is -0.439. The SMILES string of the molecule is Fc1c(Cl)cccc1Cc1noc(CCCCl)n1. The van der Waals surface area contributed by atoms with Crippen LogP contribution in [0.4, 0.5) is 4.39 Å². The Kier molecular flexibility index (Phi) is 4.55. The molecule has 0 bridgehead atoms. The van der Waals surface area contributed by atoms with E-state index in [9.17, 15) is 4.39 Å². The maximum Gasteiger partial charge on any atom is 0.226 e. The fourth-order valence-electron chi connectivity index (χ4n) is 1.54. The van der Waals surface area contributed by atoms with Crippen LogP contribution in [0.2, 0.25) is 5.02 Å². The van der Waals surface area contributed by atoms with Crippen molar-refractivity contribution in [3.8, 4) is 0 Å². The lowest BCUT2D eigenvalue weighted by Crippen LogP contribution is -1.95. The number of benzene rings is 1. The summed E-state index contributed by atoms with van der Waals surface area (Å²) in [6.07, 6.45) is 1.67. The largest absolute Gasteiger partial charge is 0.339 e. The molecule has 96 valence electrons. The molecule has 0 aliphatic carbocycles. The first kappa shape index (κ1) is 13.3. The van der Waals surface area contributed by atoms with Gasteiger partial charge in [0.1, 0.15) is 5.82 Å². The van der Waals surface area contributed by atoms with Gasteiger partial charge in [-0.2, -0.15) is 4.98 Å². The van der Waals surface area contributed by atoms with Gasteiger partial charge >= 0.3 is 0 Å². The molecule has 0 spiro atoms. The third kappa shape index (κ3) is 3.21. The summed E-state index contributed by atoms with van der Waals surface area (Å²) in [5, 5.41) is 3.89. The highest BCUT2D eigenvalue weighted by Gasteiger charge is 2.11. The Morgan fingerprint density at radius 2 is 2.17 bits per heavy atom. The first-order valence-electron chi connectivity index (χ1n) is 5.51. The molecule has 0 aliphatic rings. The molecule has 0 atom stereocenters. The smallest absolute Gasteiger partial charge is 0.226 e. The molecular formula is C12H11Cl2FN2O. The van der Waals surface area contributed by atoms with Crippen LogP contribution < -0.4 is 0 Å². The van der Waals surface area contributed by atoms with Gasteiger partial charge in [-0.15, -0.1) is 11.6 Å². The molecule has 2 rings (SSSR count). The average molecular weight is 289 g/mol. The summed E-state index contributed by atoms with van der Waals surface area (Å²) in [6, 6.07) is 4.84. The number of nitrogens with zero attached hydrogens (tertiary/aromatic N) is 2. The summed E-state index contributed by atoms with van der Waals surface area (Å²) in [5.74, 6) is 1.07. The molecule has 3 nitrogen and oxygen atoms in total. The second-order valence-corrected chi connectivity index (χ2v) is 4.57. The Morgan fingerprint density at radius 3 is 2.94 bits per heavy atom. The highest BCUT2D eigenvalue weighted by atomic mass is 35.5. The number of rotatable bonds is 5. The molecule has 0 amide bonds. The summed E-state index contributed by atoms with van der Waals surface area (Å²) in [4.78, 5) is 4.17. The first-order chi connectivity index (χ1) is 8.70. The van der Waals surface area contributed by atoms with Crippen LogP contribution in [0.5, 0.6) is 0 Å². The first-order valence-corrected chi connectivity index (χ1v) is 6.42. The maximum atomic E-state index is 13.7. The van der Waals surface area contributed by atoms with Crippen molar-refractivity contribution in [2.75, 3.05) is 5.88 Å². The average Bonchev–Trinajstić information content (AvgIpc) is 2.80. The third-order valence-corrected chi connectivity index (χ3v) is 2.97. The van der Waals surface area contributed by atoms with Crippen molar-refractivity contribution in [1.82, 2.24) is 10.1 Å². The molecule has 6 heteroatoms. The summed E-state index contributed by atoms with van der Waals surface area (Å²) >= 11 is 11.3. The molecule has 0 N–H and O–H groups in total. The lowest BCUT2D eigenvalue weighted by atomic mass is 10.1. The van der Waals surface area contributed by atoms with Crippen LogP contribution in [0.1, 0.15) is 23.7 Å². The third-order valence-electron chi connectivity index (χ3n) is 2.41. The summed E-state index contributed by atoms with van der Waals surface area (Å²) < 4.78 is 18.7. The Hall–Kier alpha value is -1.13. The minimum Gasteiger partial charge on any atom is -0.339 e. The van der Waals surface area contributed by atoms with Crippen LogP contribution in [0.25, 0.3) is 0 Å². The van der Waals surface area contributed by atoms with Gasteiger partial charge in [0.25, 0.3) is 0 Å². The zero-order chi connectivity index (χ0) is 13.0. The Balaban J connectivity index is 2.09. The van der Waals surface area contributed by atoms with Crippen molar-refractivity contribution < 1.29 is 8.91 Å². The van der Waals surface area contributed by atoms with Crippen molar-refractivity contribution in [2.45, 2.75) is 19.3 Å². The van der Waals surface area contributed by atoms with E-state index < -0.39 is 5.82 Å². The summed E-state index contributed by atoms with van der Waals surface area (Å²) in [6.45, 7) is 0. The van der Waals surface area contributed by atoms with Gasteiger partial charge in [0.2, 0.25) is 5.89 Å². The van der Waals surface area contributed by atoms with Crippen LogP contribution in [-0.4, -0.2) is 16.0 Å². The van der Waals surface area contributed by atoms with Crippen molar-refractivity contribution in [3.05, 3.63) is 46.3 Å². The second-order valence-electron chi connectivity index (χ2n) is 3.79. The molecule has 0 aliphatic heterocycles. The summed E-state index contributed by atoms with van der Waals surface area (Å²) in [7, 11) is 0. The number of aryl methyl sites for hydroxylation is 1. The Morgan fingerprint density at radius 1 is 1.33 bits per heavy atom. The van der Waals surface area contributed by atoms with Crippen LogP contribution >= 0.6 is 23.2 Å². The van der Waals surface area contributed by atoms with E-state index in [1.165, 1.54) is 6.07 Å². The van der Waals surface area contributed by atoms with E-state index in [1.54, 1.807) is 12.1 Å². The highest BCUT2D eigenvalue weighted by molar-refractivity contribution is 6.30. The Labute approximate surface area is 114 Å². The lowest BCUT2D eigenvalue weighted by Gasteiger charge is -2.00. The number of aromatic nitrogens is 2. The van der Waals surface area contributed by atoms with Gasteiger partial charge in [0.15, 0.2) is 5.82 Å². The van der Waals surface area contributed by atoms with Gasteiger partial charge in [-0.1, -0.05) is 28.9 Å².